The molecule has 0 aromatic heterocycles. The molecule has 0 aromatic rings. The van der Waals surface area contributed by atoms with Crippen molar-refractivity contribution in [2.45, 2.75) is 19.8 Å². The molecule has 1 aliphatic carbocycles. The van der Waals surface area contributed by atoms with E-state index in [2.05, 4.69) is 10.3 Å². The molecular weight excluding hydrogens is 278 g/mol. The predicted octanol–water partition coefficient (Wildman–Crippen LogP) is 0.355. The second kappa shape index (κ2) is 8.46. The first kappa shape index (κ1) is 17.2. The number of aliphatic imine (C=N–C) groups is 1. The van der Waals surface area contributed by atoms with Gasteiger partial charge in [0, 0.05) is 33.0 Å². The van der Waals surface area contributed by atoms with Gasteiger partial charge in [0.25, 0.3) is 0 Å². The summed E-state index contributed by atoms with van der Waals surface area (Å²) in [6.07, 6.45) is 3.82. The highest BCUT2D eigenvalue weighted by atomic mass is 32.2. The lowest BCUT2D eigenvalue weighted by Crippen LogP contribution is -2.40. The first-order chi connectivity index (χ1) is 9.42. The predicted molar refractivity (Wildman–Crippen MR) is 81.9 cm³/mol. The van der Waals surface area contributed by atoms with Gasteiger partial charge in [-0.15, -0.1) is 0 Å². The van der Waals surface area contributed by atoms with Gasteiger partial charge in [0.2, 0.25) is 0 Å². The maximum Gasteiger partial charge on any atom is 0.193 e. The van der Waals surface area contributed by atoms with Crippen LogP contribution in [-0.2, 0) is 14.6 Å². The zero-order valence-corrected chi connectivity index (χ0v) is 13.6. The van der Waals surface area contributed by atoms with Crippen LogP contribution < -0.4 is 5.32 Å². The lowest BCUT2D eigenvalue weighted by Gasteiger charge is -2.22. The van der Waals surface area contributed by atoms with Gasteiger partial charge >= 0.3 is 0 Å². The molecular formula is C13H27N3O3S. The minimum Gasteiger partial charge on any atom is -0.379 e. The Labute approximate surface area is 122 Å². The van der Waals surface area contributed by atoms with Crippen molar-refractivity contribution in [3.8, 4) is 0 Å². The average molecular weight is 305 g/mol. The maximum atomic E-state index is 11.1. The molecule has 20 heavy (non-hydrogen) atoms. The zero-order valence-electron chi connectivity index (χ0n) is 12.8. The minimum atomic E-state index is -2.96. The number of likely N-dealkylation sites (N-methyl/N-ethyl adjacent to an activating group) is 1. The molecule has 118 valence electrons. The second-order valence-corrected chi connectivity index (χ2v) is 7.57. The largest absolute Gasteiger partial charge is 0.379 e. The van der Waals surface area contributed by atoms with Crippen molar-refractivity contribution in [1.29, 1.82) is 0 Å². The molecule has 1 rings (SSSR count). The van der Waals surface area contributed by atoms with Crippen molar-refractivity contribution in [2.75, 3.05) is 51.9 Å². The summed E-state index contributed by atoms with van der Waals surface area (Å²) in [7, 11) is -1.03. The molecule has 0 aliphatic heterocycles. The van der Waals surface area contributed by atoms with Crippen LogP contribution in [0, 0.1) is 5.92 Å². The van der Waals surface area contributed by atoms with Crippen LogP contribution in [0.2, 0.25) is 0 Å². The number of hydrogen-bond acceptors (Lipinski definition) is 4. The smallest absolute Gasteiger partial charge is 0.193 e. The molecule has 0 heterocycles. The van der Waals surface area contributed by atoms with Crippen LogP contribution in [0.25, 0.3) is 0 Å². The van der Waals surface area contributed by atoms with E-state index in [9.17, 15) is 8.42 Å². The molecule has 0 spiro atoms. The Bertz CT molecular complexity index is 405. The molecule has 0 unspecified atom stereocenters. The van der Waals surface area contributed by atoms with Crippen LogP contribution in [0.5, 0.6) is 0 Å². The number of ether oxygens (including phenoxy) is 1. The van der Waals surface area contributed by atoms with Crippen LogP contribution >= 0.6 is 0 Å². The highest BCUT2D eigenvalue weighted by molar-refractivity contribution is 7.90. The average Bonchev–Trinajstić information content (AvgIpc) is 3.16. The summed E-state index contributed by atoms with van der Waals surface area (Å²) in [6, 6.07) is 0. The van der Waals surface area contributed by atoms with Gasteiger partial charge in [-0.25, -0.2) is 8.42 Å². The van der Waals surface area contributed by atoms with Crippen molar-refractivity contribution >= 4 is 15.8 Å². The number of sulfone groups is 1. The quantitative estimate of drug-likeness (QED) is 0.378. The van der Waals surface area contributed by atoms with Gasteiger partial charge in [0.1, 0.15) is 9.84 Å². The molecule has 0 bridgehead atoms. The molecule has 1 N–H and O–H groups in total. The summed E-state index contributed by atoms with van der Waals surface area (Å²) in [4.78, 5) is 6.29. The number of rotatable bonds is 9. The second-order valence-electron chi connectivity index (χ2n) is 5.31. The normalized spacial score (nSPS) is 16.2. The van der Waals surface area contributed by atoms with Crippen molar-refractivity contribution in [1.82, 2.24) is 10.2 Å². The summed E-state index contributed by atoms with van der Waals surface area (Å²) in [5.41, 5.74) is 0. The van der Waals surface area contributed by atoms with Crippen LogP contribution in [0.3, 0.4) is 0 Å². The molecule has 0 aromatic carbocycles. The molecule has 0 radical (unpaired) electrons. The Kier molecular flexibility index (Phi) is 7.29. The molecule has 0 saturated heterocycles. The Morgan fingerprint density at radius 3 is 2.70 bits per heavy atom. The molecule has 1 saturated carbocycles. The molecule has 6 nitrogen and oxygen atoms in total. The monoisotopic (exact) mass is 305 g/mol. The summed E-state index contributed by atoms with van der Waals surface area (Å²) in [6.45, 7) is 5.31. The lowest BCUT2D eigenvalue weighted by atomic mass is 10.5. The van der Waals surface area contributed by atoms with E-state index < -0.39 is 9.84 Å². The Morgan fingerprint density at radius 2 is 2.15 bits per heavy atom. The van der Waals surface area contributed by atoms with Gasteiger partial charge in [-0.1, -0.05) is 0 Å². The first-order valence-electron chi connectivity index (χ1n) is 7.17. The fourth-order valence-electron chi connectivity index (χ4n) is 1.63. The van der Waals surface area contributed by atoms with E-state index in [-0.39, 0.29) is 12.3 Å². The van der Waals surface area contributed by atoms with Crippen LogP contribution in [-0.4, -0.2) is 71.2 Å². The van der Waals surface area contributed by atoms with E-state index in [0.29, 0.717) is 6.61 Å². The van der Waals surface area contributed by atoms with Crippen LogP contribution in [0.1, 0.15) is 19.8 Å². The fraction of sp³-hybridized carbons (Fsp3) is 0.923. The van der Waals surface area contributed by atoms with Crippen molar-refractivity contribution in [3.63, 3.8) is 0 Å². The fourth-order valence-corrected chi connectivity index (χ4v) is 2.05. The van der Waals surface area contributed by atoms with Crippen LogP contribution in [0.15, 0.2) is 4.99 Å². The Hall–Kier alpha value is -0.820. The van der Waals surface area contributed by atoms with Gasteiger partial charge < -0.3 is 15.0 Å². The van der Waals surface area contributed by atoms with Crippen molar-refractivity contribution in [2.24, 2.45) is 10.9 Å². The van der Waals surface area contributed by atoms with Crippen molar-refractivity contribution < 1.29 is 13.2 Å². The first-order valence-corrected chi connectivity index (χ1v) is 9.23. The third-order valence-electron chi connectivity index (χ3n) is 3.04. The molecule has 7 heteroatoms. The van der Waals surface area contributed by atoms with Gasteiger partial charge in [-0.2, -0.15) is 0 Å². The highest BCUT2D eigenvalue weighted by Gasteiger charge is 2.21. The number of nitrogens with zero attached hydrogens (tertiary/aromatic N) is 2. The summed E-state index contributed by atoms with van der Waals surface area (Å²) in [5.74, 6) is 1.58. The van der Waals surface area contributed by atoms with E-state index in [1.54, 1.807) is 0 Å². The Balaban J connectivity index is 2.31. The lowest BCUT2D eigenvalue weighted by molar-refractivity contribution is 0.115. The number of nitrogens with one attached hydrogen (secondary N) is 1. The van der Waals surface area contributed by atoms with E-state index in [0.717, 1.165) is 31.6 Å². The van der Waals surface area contributed by atoms with E-state index >= 15 is 0 Å². The van der Waals surface area contributed by atoms with Gasteiger partial charge in [0.15, 0.2) is 5.96 Å². The summed E-state index contributed by atoms with van der Waals surface area (Å²) < 4.78 is 27.8. The van der Waals surface area contributed by atoms with Gasteiger partial charge in [-0.3, -0.25) is 4.99 Å². The Morgan fingerprint density at radius 1 is 1.45 bits per heavy atom. The highest BCUT2D eigenvalue weighted by Crippen LogP contribution is 2.28. The van der Waals surface area contributed by atoms with Crippen LogP contribution in [0.4, 0.5) is 0 Å². The summed E-state index contributed by atoms with van der Waals surface area (Å²) in [5, 5.41) is 3.16. The third kappa shape index (κ3) is 8.37. The topological polar surface area (TPSA) is 71.0 Å². The van der Waals surface area contributed by atoms with E-state index in [1.807, 2.05) is 18.9 Å². The SMILES string of the molecule is CCNC(=NCCS(C)(=O)=O)N(C)CCOCC1CC1. The standard InChI is InChI=1S/C13H27N3O3S/c1-4-14-13(15-7-10-20(3,17)18)16(2)8-9-19-11-12-5-6-12/h12H,4-11H2,1-3H3,(H,14,15). The number of guanidine groups is 1. The molecule has 0 atom stereocenters. The third-order valence-corrected chi connectivity index (χ3v) is 3.97. The van der Waals surface area contributed by atoms with Crippen molar-refractivity contribution in [3.05, 3.63) is 0 Å². The van der Waals surface area contributed by atoms with Gasteiger partial charge in [0.05, 0.1) is 18.9 Å². The molecule has 1 aliphatic rings. The van der Waals surface area contributed by atoms with E-state index in [4.69, 9.17) is 4.74 Å². The van der Waals surface area contributed by atoms with E-state index in [1.165, 1.54) is 19.1 Å². The molecule has 1 fully saturated rings. The molecule has 0 amide bonds. The van der Waals surface area contributed by atoms with Gasteiger partial charge in [-0.05, 0) is 25.7 Å². The zero-order chi connectivity index (χ0) is 15.0. The number of hydrogen-bond donors (Lipinski definition) is 1. The summed E-state index contributed by atoms with van der Waals surface area (Å²) >= 11 is 0. The maximum absolute atomic E-state index is 11.1. The minimum absolute atomic E-state index is 0.0773.